The Morgan fingerprint density at radius 1 is 0.970 bits per heavy atom. The van der Waals surface area contributed by atoms with Crippen LogP contribution in [0.25, 0.3) is 0 Å². The van der Waals surface area contributed by atoms with Crippen LogP contribution in [0.15, 0.2) is 77.7 Å². The minimum absolute atomic E-state index is 0.0322. The first kappa shape index (κ1) is 24.1. The zero-order valence-corrected chi connectivity index (χ0v) is 19.1. The quantitative estimate of drug-likeness (QED) is 0.457. The number of hydrogen-bond acceptors (Lipinski definition) is 5. The number of carbonyl (C=O) groups excluding carboxylic acids is 1. The fraction of sp³-hybridized carbons (Fsp3) is 0.208. The molecule has 0 spiro atoms. The second kappa shape index (κ2) is 10.8. The highest BCUT2D eigenvalue weighted by Crippen LogP contribution is 2.26. The molecule has 9 heteroatoms. The topological polar surface area (TPSA) is 84.9 Å². The van der Waals surface area contributed by atoms with Gasteiger partial charge in [-0.15, -0.1) is 0 Å². The van der Waals surface area contributed by atoms with Gasteiger partial charge < -0.3 is 14.8 Å². The third-order valence-corrected chi connectivity index (χ3v) is 6.55. The Labute approximate surface area is 192 Å². The number of methoxy groups -OCH3 is 1. The van der Waals surface area contributed by atoms with Crippen molar-refractivity contribution in [1.29, 1.82) is 0 Å². The summed E-state index contributed by atoms with van der Waals surface area (Å²) in [5.74, 6) is 0.0580. The minimum atomic E-state index is -4.06. The SMILES string of the molecule is COc1ccccc1OCCNC(=O)CN(c1ccc(F)cc1)S(=O)(=O)c1ccc(C)cc1. The van der Waals surface area contributed by atoms with Gasteiger partial charge in [0, 0.05) is 0 Å². The molecular weight excluding hydrogens is 447 g/mol. The van der Waals surface area contributed by atoms with Gasteiger partial charge in [-0.25, -0.2) is 12.8 Å². The fourth-order valence-electron chi connectivity index (χ4n) is 3.04. The Kier molecular flexibility index (Phi) is 7.89. The summed E-state index contributed by atoms with van der Waals surface area (Å²) in [4.78, 5) is 12.6. The van der Waals surface area contributed by atoms with E-state index in [-0.39, 0.29) is 23.7 Å². The van der Waals surface area contributed by atoms with Crippen molar-refractivity contribution in [3.05, 3.63) is 84.2 Å². The molecule has 0 atom stereocenters. The molecule has 0 aromatic heterocycles. The lowest BCUT2D eigenvalue weighted by molar-refractivity contribution is -0.119. The van der Waals surface area contributed by atoms with E-state index in [2.05, 4.69) is 5.32 Å². The van der Waals surface area contributed by atoms with Crippen molar-refractivity contribution in [1.82, 2.24) is 5.32 Å². The number of rotatable bonds is 10. The van der Waals surface area contributed by atoms with E-state index < -0.39 is 28.3 Å². The van der Waals surface area contributed by atoms with Gasteiger partial charge >= 0.3 is 0 Å². The summed E-state index contributed by atoms with van der Waals surface area (Å²) in [6.45, 7) is 1.68. The smallest absolute Gasteiger partial charge is 0.264 e. The summed E-state index contributed by atoms with van der Waals surface area (Å²) in [5, 5.41) is 2.65. The van der Waals surface area contributed by atoms with Gasteiger partial charge in [0.1, 0.15) is 19.0 Å². The number of amides is 1. The van der Waals surface area contributed by atoms with Gasteiger partial charge in [0.05, 0.1) is 24.2 Å². The molecule has 0 saturated carbocycles. The van der Waals surface area contributed by atoms with E-state index in [0.717, 1.165) is 22.0 Å². The Morgan fingerprint density at radius 2 is 1.61 bits per heavy atom. The van der Waals surface area contributed by atoms with Crippen molar-refractivity contribution in [2.75, 3.05) is 31.1 Å². The third kappa shape index (κ3) is 6.23. The number of ether oxygens (including phenoxy) is 2. The van der Waals surface area contributed by atoms with Crippen molar-refractivity contribution < 1.29 is 27.1 Å². The Bertz CT molecular complexity index is 1180. The number of para-hydroxylation sites is 2. The van der Waals surface area contributed by atoms with Crippen LogP contribution >= 0.6 is 0 Å². The molecule has 3 aromatic carbocycles. The molecule has 0 radical (unpaired) electrons. The van der Waals surface area contributed by atoms with Crippen LogP contribution in [-0.2, 0) is 14.8 Å². The van der Waals surface area contributed by atoms with Crippen LogP contribution in [0, 0.1) is 12.7 Å². The van der Waals surface area contributed by atoms with Crippen LogP contribution in [0.2, 0.25) is 0 Å². The predicted octanol–water partition coefficient (Wildman–Crippen LogP) is 3.53. The van der Waals surface area contributed by atoms with Gasteiger partial charge in [-0.3, -0.25) is 9.10 Å². The summed E-state index contributed by atoms with van der Waals surface area (Å²) in [7, 11) is -2.53. The van der Waals surface area contributed by atoms with E-state index in [1.807, 2.05) is 13.0 Å². The van der Waals surface area contributed by atoms with Crippen LogP contribution in [0.5, 0.6) is 11.5 Å². The molecule has 0 heterocycles. The average molecular weight is 473 g/mol. The zero-order valence-electron chi connectivity index (χ0n) is 18.3. The van der Waals surface area contributed by atoms with Gasteiger partial charge in [0.15, 0.2) is 11.5 Å². The molecule has 0 saturated heterocycles. The van der Waals surface area contributed by atoms with Crippen molar-refractivity contribution in [3.8, 4) is 11.5 Å². The molecule has 0 aliphatic carbocycles. The highest BCUT2D eigenvalue weighted by Gasteiger charge is 2.27. The summed E-state index contributed by atoms with van der Waals surface area (Å²) in [6.07, 6.45) is 0. The van der Waals surface area contributed by atoms with Gasteiger partial charge in [-0.1, -0.05) is 29.8 Å². The van der Waals surface area contributed by atoms with Crippen LogP contribution in [0.3, 0.4) is 0 Å². The maximum atomic E-state index is 13.4. The molecular formula is C24H25FN2O5S. The number of nitrogens with zero attached hydrogens (tertiary/aromatic N) is 1. The van der Waals surface area contributed by atoms with E-state index >= 15 is 0 Å². The second-order valence-electron chi connectivity index (χ2n) is 7.15. The zero-order chi connectivity index (χ0) is 23.8. The maximum absolute atomic E-state index is 13.4. The normalized spacial score (nSPS) is 11.0. The van der Waals surface area contributed by atoms with E-state index in [0.29, 0.717) is 11.5 Å². The van der Waals surface area contributed by atoms with Crippen molar-refractivity contribution in [2.24, 2.45) is 0 Å². The second-order valence-corrected chi connectivity index (χ2v) is 9.01. The molecule has 1 amide bonds. The van der Waals surface area contributed by atoms with Gasteiger partial charge in [-0.05, 0) is 55.5 Å². The highest BCUT2D eigenvalue weighted by molar-refractivity contribution is 7.92. The van der Waals surface area contributed by atoms with Crippen LogP contribution in [0.1, 0.15) is 5.56 Å². The Balaban J connectivity index is 1.70. The van der Waals surface area contributed by atoms with Crippen molar-refractivity contribution >= 4 is 21.6 Å². The highest BCUT2D eigenvalue weighted by atomic mass is 32.2. The molecule has 0 unspecified atom stereocenters. The number of halogens is 1. The molecule has 0 fully saturated rings. The number of aryl methyl sites for hydroxylation is 1. The summed E-state index contributed by atoms with van der Waals surface area (Å²) in [5.41, 5.74) is 1.08. The number of nitrogens with one attached hydrogen (secondary N) is 1. The first-order valence-electron chi connectivity index (χ1n) is 10.2. The standard InChI is InChI=1S/C24H25FN2O5S/c1-18-7-13-21(14-8-18)33(29,30)27(20-11-9-19(25)10-12-20)17-24(28)26-15-16-32-23-6-4-3-5-22(23)31-2/h3-14H,15-17H2,1-2H3,(H,26,28). The van der Waals surface area contributed by atoms with Crippen LogP contribution < -0.4 is 19.1 Å². The summed E-state index contributed by atoms with van der Waals surface area (Å²) in [6, 6.07) is 18.3. The molecule has 0 aliphatic heterocycles. The van der Waals surface area contributed by atoms with Crippen molar-refractivity contribution in [2.45, 2.75) is 11.8 Å². The van der Waals surface area contributed by atoms with E-state index in [9.17, 15) is 17.6 Å². The van der Waals surface area contributed by atoms with Crippen molar-refractivity contribution in [3.63, 3.8) is 0 Å². The molecule has 0 bridgehead atoms. The number of carbonyl (C=O) groups is 1. The molecule has 0 aliphatic rings. The monoisotopic (exact) mass is 472 g/mol. The maximum Gasteiger partial charge on any atom is 0.264 e. The lowest BCUT2D eigenvalue weighted by atomic mass is 10.2. The van der Waals surface area contributed by atoms with Gasteiger partial charge in [0.25, 0.3) is 10.0 Å². The van der Waals surface area contributed by atoms with E-state index in [1.165, 1.54) is 31.4 Å². The molecule has 3 rings (SSSR count). The molecule has 174 valence electrons. The Hall–Kier alpha value is -3.59. The minimum Gasteiger partial charge on any atom is -0.493 e. The van der Waals surface area contributed by atoms with E-state index in [4.69, 9.17) is 9.47 Å². The van der Waals surface area contributed by atoms with Crippen LogP contribution in [0.4, 0.5) is 10.1 Å². The molecule has 3 aromatic rings. The molecule has 1 N–H and O–H groups in total. The predicted molar refractivity (Wildman–Crippen MR) is 124 cm³/mol. The lowest BCUT2D eigenvalue weighted by Crippen LogP contribution is -2.41. The first-order valence-corrected chi connectivity index (χ1v) is 11.6. The third-order valence-electron chi connectivity index (χ3n) is 4.76. The number of sulfonamides is 1. The fourth-order valence-corrected chi connectivity index (χ4v) is 4.46. The first-order chi connectivity index (χ1) is 15.8. The number of hydrogen-bond donors (Lipinski definition) is 1. The Morgan fingerprint density at radius 3 is 2.24 bits per heavy atom. The molecule has 33 heavy (non-hydrogen) atoms. The summed E-state index contributed by atoms with van der Waals surface area (Å²) < 4.78 is 51.7. The number of benzene rings is 3. The summed E-state index contributed by atoms with van der Waals surface area (Å²) >= 11 is 0. The molecule has 7 nitrogen and oxygen atoms in total. The average Bonchev–Trinajstić information content (AvgIpc) is 2.81. The van der Waals surface area contributed by atoms with E-state index in [1.54, 1.807) is 30.3 Å². The number of anilines is 1. The van der Waals surface area contributed by atoms with Gasteiger partial charge in [0.2, 0.25) is 5.91 Å². The van der Waals surface area contributed by atoms with Gasteiger partial charge in [-0.2, -0.15) is 0 Å². The lowest BCUT2D eigenvalue weighted by Gasteiger charge is -2.24. The largest absolute Gasteiger partial charge is 0.493 e. The van der Waals surface area contributed by atoms with Crippen LogP contribution in [-0.4, -0.2) is 41.1 Å².